The Bertz CT molecular complexity index is 1700. The Morgan fingerprint density at radius 2 is 2.03 bits per heavy atom. The van der Waals surface area contributed by atoms with Crippen LogP contribution in [-0.2, 0) is 13.2 Å². The van der Waals surface area contributed by atoms with Gasteiger partial charge in [0.15, 0.2) is 0 Å². The largest absolute Gasteiger partial charge is 0.486 e. The summed E-state index contributed by atoms with van der Waals surface area (Å²) in [6, 6.07) is 14.5. The molecular weight excluding hydrogens is 476 g/mol. The van der Waals surface area contributed by atoms with Gasteiger partial charge >= 0.3 is 0 Å². The highest BCUT2D eigenvalue weighted by Gasteiger charge is 2.15. The van der Waals surface area contributed by atoms with Crippen molar-refractivity contribution in [1.29, 1.82) is 5.26 Å². The van der Waals surface area contributed by atoms with Crippen LogP contribution in [0.15, 0.2) is 72.0 Å². The summed E-state index contributed by atoms with van der Waals surface area (Å²) in [6.45, 7) is 4.20. The van der Waals surface area contributed by atoms with Crippen LogP contribution >= 0.6 is 11.6 Å². The van der Waals surface area contributed by atoms with E-state index in [0.717, 1.165) is 22.3 Å². The Kier molecular flexibility index (Phi) is 6.23. The third kappa shape index (κ3) is 4.44. The standard InChI is InChI=1S/C27H21ClN6O2/c1-17-13-31-34(14-17)24-11-18(2)32-26-20(24)6-3-7-25(26)36-16-21-22(28)8-9-30-23(21)15-33-10-4-5-19(12-29)27(33)35/h3-11,13-14H,15-16H2,1-2H3. The predicted molar refractivity (Wildman–Crippen MR) is 136 cm³/mol. The fraction of sp³-hybridized carbons (Fsp3) is 0.148. The summed E-state index contributed by atoms with van der Waals surface area (Å²) in [7, 11) is 0. The number of aryl methyl sites for hydroxylation is 2. The Labute approximate surface area is 212 Å². The van der Waals surface area contributed by atoms with Crippen molar-refractivity contribution in [2.75, 3.05) is 0 Å². The zero-order chi connectivity index (χ0) is 25.2. The summed E-state index contributed by atoms with van der Waals surface area (Å²) in [6.07, 6.45) is 6.98. The molecule has 0 aliphatic heterocycles. The van der Waals surface area contributed by atoms with Crippen molar-refractivity contribution in [3.63, 3.8) is 0 Å². The molecule has 5 aromatic rings. The quantitative estimate of drug-likeness (QED) is 0.336. The van der Waals surface area contributed by atoms with E-state index in [-0.39, 0.29) is 24.3 Å². The van der Waals surface area contributed by atoms with Crippen LogP contribution < -0.4 is 10.3 Å². The fourth-order valence-corrected chi connectivity index (χ4v) is 4.25. The zero-order valence-electron chi connectivity index (χ0n) is 19.6. The van der Waals surface area contributed by atoms with Gasteiger partial charge in [-0.05, 0) is 49.7 Å². The molecule has 0 N–H and O–H groups in total. The Balaban J connectivity index is 1.50. The normalized spacial score (nSPS) is 10.9. The molecule has 0 saturated carbocycles. The summed E-state index contributed by atoms with van der Waals surface area (Å²) in [4.78, 5) is 21.7. The lowest BCUT2D eigenvalue weighted by Gasteiger charge is -2.15. The Morgan fingerprint density at radius 1 is 1.17 bits per heavy atom. The van der Waals surface area contributed by atoms with Crippen LogP contribution in [0.4, 0.5) is 0 Å². The molecule has 36 heavy (non-hydrogen) atoms. The number of benzene rings is 1. The molecule has 4 heterocycles. The van der Waals surface area contributed by atoms with Crippen LogP contribution in [0.25, 0.3) is 16.6 Å². The van der Waals surface area contributed by atoms with Crippen molar-refractivity contribution in [3.05, 3.63) is 111 Å². The van der Waals surface area contributed by atoms with Gasteiger partial charge in [0.2, 0.25) is 0 Å². The van der Waals surface area contributed by atoms with E-state index in [2.05, 4.69) is 10.1 Å². The first kappa shape index (κ1) is 23.3. The number of fused-ring (bicyclic) bond motifs is 1. The molecule has 0 amide bonds. The van der Waals surface area contributed by atoms with Gasteiger partial charge in [-0.15, -0.1) is 0 Å². The second-order valence-electron chi connectivity index (χ2n) is 8.37. The zero-order valence-corrected chi connectivity index (χ0v) is 20.4. The molecular formula is C27H21ClN6O2. The minimum Gasteiger partial charge on any atom is -0.486 e. The molecule has 0 unspecified atom stereocenters. The van der Waals surface area contributed by atoms with Gasteiger partial charge in [0, 0.05) is 35.2 Å². The maximum absolute atomic E-state index is 12.5. The number of halogens is 1. The minimum absolute atomic E-state index is 0.0673. The van der Waals surface area contributed by atoms with Gasteiger partial charge in [0.05, 0.1) is 29.1 Å². The van der Waals surface area contributed by atoms with Gasteiger partial charge in [-0.2, -0.15) is 10.4 Å². The highest BCUT2D eigenvalue weighted by atomic mass is 35.5. The van der Waals surface area contributed by atoms with Crippen LogP contribution in [0.5, 0.6) is 5.75 Å². The third-order valence-corrected chi connectivity index (χ3v) is 6.14. The molecule has 0 saturated heterocycles. The van der Waals surface area contributed by atoms with Crippen molar-refractivity contribution in [1.82, 2.24) is 24.3 Å². The molecule has 0 fully saturated rings. The molecule has 0 aliphatic carbocycles. The van der Waals surface area contributed by atoms with Crippen molar-refractivity contribution < 1.29 is 4.74 Å². The molecule has 0 atom stereocenters. The molecule has 0 spiro atoms. The van der Waals surface area contributed by atoms with Gasteiger partial charge in [-0.25, -0.2) is 9.67 Å². The van der Waals surface area contributed by atoms with E-state index >= 15 is 0 Å². The van der Waals surface area contributed by atoms with Gasteiger partial charge < -0.3 is 9.30 Å². The molecule has 0 bridgehead atoms. The molecule has 5 rings (SSSR count). The van der Waals surface area contributed by atoms with E-state index < -0.39 is 0 Å². The molecule has 178 valence electrons. The van der Waals surface area contributed by atoms with Gasteiger partial charge in [-0.3, -0.25) is 9.78 Å². The van der Waals surface area contributed by atoms with Gasteiger partial charge in [0.1, 0.15) is 29.5 Å². The van der Waals surface area contributed by atoms with Crippen molar-refractivity contribution >= 4 is 22.5 Å². The molecule has 0 radical (unpaired) electrons. The van der Waals surface area contributed by atoms with E-state index in [1.165, 1.54) is 10.6 Å². The average molecular weight is 497 g/mol. The summed E-state index contributed by atoms with van der Waals surface area (Å²) in [5.74, 6) is 0.593. The van der Waals surface area contributed by atoms with E-state index in [1.54, 1.807) is 24.5 Å². The molecule has 4 aromatic heterocycles. The first-order chi connectivity index (χ1) is 17.4. The maximum atomic E-state index is 12.5. The van der Waals surface area contributed by atoms with E-state index in [9.17, 15) is 10.1 Å². The minimum atomic E-state index is -0.385. The highest BCUT2D eigenvalue weighted by Crippen LogP contribution is 2.30. The monoisotopic (exact) mass is 496 g/mol. The van der Waals surface area contributed by atoms with Crippen molar-refractivity contribution in [2.45, 2.75) is 27.0 Å². The second-order valence-corrected chi connectivity index (χ2v) is 8.78. The third-order valence-electron chi connectivity index (χ3n) is 5.79. The average Bonchev–Trinajstić information content (AvgIpc) is 3.30. The number of hydrogen-bond acceptors (Lipinski definition) is 6. The highest BCUT2D eigenvalue weighted by molar-refractivity contribution is 6.31. The first-order valence-electron chi connectivity index (χ1n) is 11.2. The molecule has 1 aromatic carbocycles. The number of pyridine rings is 3. The molecule has 8 nitrogen and oxygen atoms in total. The lowest BCUT2D eigenvalue weighted by Crippen LogP contribution is -2.23. The Morgan fingerprint density at radius 3 is 2.81 bits per heavy atom. The maximum Gasteiger partial charge on any atom is 0.268 e. The first-order valence-corrected chi connectivity index (χ1v) is 11.6. The number of nitriles is 1. The summed E-state index contributed by atoms with van der Waals surface area (Å²) < 4.78 is 9.50. The van der Waals surface area contributed by atoms with Crippen LogP contribution in [0.1, 0.15) is 28.1 Å². The van der Waals surface area contributed by atoms with E-state index in [1.807, 2.05) is 61.3 Å². The fourth-order valence-electron chi connectivity index (χ4n) is 4.03. The number of hydrogen-bond donors (Lipinski definition) is 0. The van der Waals surface area contributed by atoms with E-state index in [0.29, 0.717) is 27.5 Å². The number of nitrogens with zero attached hydrogens (tertiary/aromatic N) is 6. The topological polar surface area (TPSA) is 98.6 Å². The summed E-state index contributed by atoms with van der Waals surface area (Å²) >= 11 is 6.52. The lowest BCUT2D eigenvalue weighted by atomic mass is 10.1. The van der Waals surface area contributed by atoms with Crippen LogP contribution in [0, 0.1) is 25.2 Å². The summed E-state index contributed by atoms with van der Waals surface area (Å²) in [5.41, 5.74) is 4.43. The number of ether oxygens (including phenoxy) is 1. The number of para-hydroxylation sites is 1. The van der Waals surface area contributed by atoms with Crippen LogP contribution in [0.3, 0.4) is 0 Å². The van der Waals surface area contributed by atoms with Crippen LogP contribution in [0.2, 0.25) is 5.02 Å². The Hall–Kier alpha value is -4.48. The molecule has 9 heteroatoms. The second kappa shape index (κ2) is 9.64. The van der Waals surface area contributed by atoms with Crippen LogP contribution in [-0.4, -0.2) is 24.3 Å². The predicted octanol–water partition coefficient (Wildman–Crippen LogP) is 4.75. The molecule has 0 aliphatic rings. The summed E-state index contributed by atoms with van der Waals surface area (Å²) in [5, 5.41) is 15.0. The van der Waals surface area contributed by atoms with E-state index in [4.69, 9.17) is 21.3 Å². The number of rotatable bonds is 6. The SMILES string of the molecule is Cc1cnn(-c2cc(C)nc3c(OCc4c(Cl)ccnc4Cn4cccc(C#N)c4=O)cccc23)c1. The lowest BCUT2D eigenvalue weighted by molar-refractivity contribution is 0.307. The van der Waals surface area contributed by atoms with Crippen molar-refractivity contribution in [3.8, 4) is 17.5 Å². The number of aromatic nitrogens is 5. The van der Waals surface area contributed by atoms with Gasteiger partial charge in [0.25, 0.3) is 5.56 Å². The van der Waals surface area contributed by atoms with Crippen molar-refractivity contribution in [2.24, 2.45) is 0 Å². The van der Waals surface area contributed by atoms with Gasteiger partial charge in [-0.1, -0.05) is 23.7 Å². The smallest absolute Gasteiger partial charge is 0.268 e.